The van der Waals surface area contributed by atoms with E-state index in [1.165, 1.54) is 19.2 Å². The Morgan fingerprint density at radius 3 is 2.45 bits per heavy atom. The molecule has 2 rings (SSSR count). The first-order valence-electron chi connectivity index (χ1n) is 5.56. The summed E-state index contributed by atoms with van der Waals surface area (Å²) in [5.41, 5.74) is 5.70. The van der Waals surface area contributed by atoms with Crippen molar-refractivity contribution in [3.05, 3.63) is 52.3 Å². The first kappa shape index (κ1) is 13.6. The summed E-state index contributed by atoms with van der Waals surface area (Å²) in [6, 6.07) is 7.74. The molecule has 6 nitrogen and oxygen atoms in total. The van der Waals surface area contributed by atoms with E-state index in [1.807, 2.05) is 0 Å². The normalized spacial score (nSPS) is 10.1. The molecule has 7 heteroatoms. The van der Waals surface area contributed by atoms with Gasteiger partial charge in [-0.25, -0.2) is 4.39 Å². The van der Waals surface area contributed by atoms with Crippen LogP contribution in [0, 0.1) is 15.9 Å². The maximum absolute atomic E-state index is 13.7. The molecular weight excluding hydrogens is 267 g/mol. The monoisotopic (exact) mass is 278 g/mol. The van der Waals surface area contributed by atoms with Crippen LogP contribution in [0.15, 0.2) is 36.4 Å². The van der Waals surface area contributed by atoms with Crippen LogP contribution in [0.3, 0.4) is 0 Å². The fourth-order valence-electron chi connectivity index (χ4n) is 1.59. The first-order chi connectivity index (χ1) is 9.51. The predicted octanol–water partition coefficient (Wildman–Crippen LogP) is 3.12. The number of rotatable bonds is 4. The van der Waals surface area contributed by atoms with Gasteiger partial charge in [-0.2, -0.15) is 0 Å². The van der Waals surface area contributed by atoms with E-state index < -0.39 is 10.7 Å². The number of nitrogen functional groups attached to an aromatic ring is 1. The van der Waals surface area contributed by atoms with Crippen LogP contribution in [0.5, 0.6) is 17.2 Å². The molecule has 0 aliphatic carbocycles. The van der Waals surface area contributed by atoms with Gasteiger partial charge in [0, 0.05) is 12.1 Å². The van der Waals surface area contributed by atoms with E-state index in [9.17, 15) is 14.5 Å². The molecule has 0 fully saturated rings. The molecule has 0 spiro atoms. The molecule has 104 valence electrons. The molecule has 0 atom stereocenters. The Bertz CT molecular complexity index is 661. The number of methoxy groups -OCH3 is 1. The second-order valence-electron chi connectivity index (χ2n) is 3.88. The number of nitrogens with two attached hydrogens (primary N) is 1. The average Bonchev–Trinajstić information content (AvgIpc) is 2.41. The largest absolute Gasteiger partial charge is 0.495 e. The van der Waals surface area contributed by atoms with E-state index in [0.29, 0.717) is 17.2 Å². The summed E-state index contributed by atoms with van der Waals surface area (Å²) in [4.78, 5) is 9.82. The third-order valence-corrected chi connectivity index (χ3v) is 2.56. The van der Waals surface area contributed by atoms with Crippen molar-refractivity contribution >= 4 is 11.4 Å². The Kier molecular flexibility index (Phi) is 3.69. The quantitative estimate of drug-likeness (QED) is 0.527. The lowest BCUT2D eigenvalue weighted by Crippen LogP contribution is -1.95. The van der Waals surface area contributed by atoms with Gasteiger partial charge in [-0.1, -0.05) is 0 Å². The lowest BCUT2D eigenvalue weighted by atomic mass is 10.2. The fourth-order valence-corrected chi connectivity index (χ4v) is 1.59. The zero-order chi connectivity index (χ0) is 14.7. The number of hydrogen-bond acceptors (Lipinski definition) is 5. The van der Waals surface area contributed by atoms with Crippen molar-refractivity contribution < 1.29 is 18.8 Å². The van der Waals surface area contributed by atoms with Gasteiger partial charge in [0.25, 0.3) is 5.69 Å². The highest BCUT2D eigenvalue weighted by atomic mass is 19.1. The van der Waals surface area contributed by atoms with Crippen LogP contribution in [0.2, 0.25) is 0 Å². The molecule has 0 amide bonds. The Hall–Kier alpha value is -2.83. The summed E-state index contributed by atoms with van der Waals surface area (Å²) in [6.07, 6.45) is 0. The Labute approximate surface area is 113 Å². The highest BCUT2D eigenvalue weighted by Gasteiger charge is 2.12. The Morgan fingerprint density at radius 2 is 1.90 bits per heavy atom. The van der Waals surface area contributed by atoms with E-state index in [4.69, 9.17) is 15.2 Å². The molecule has 0 heterocycles. The molecular formula is C13H11FN2O4. The molecule has 20 heavy (non-hydrogen) atoms. The van der Waals surface area contributed by atoms with E-state index >= 15 is 0 Å². The molecule has 0 saturated carbocycles. The van der Waals surface area contributed by atoms with Crippen molar-refractivity contribution in [2.45, 2.75) is 0 Å². The number of anilines is 1. The maximum Gasteiger partial charge on any atom is 0.272 e. The van der Waals surface area contributed by atoms with Gasteiger partial charge in [-0.15, -0.1) is 0 Å². The molecule has 2 N–H and O–H groups in total. The van der Waals surface area contributed by atoms with E-state index in [2.05, 4.69) is 0 Å². The highest BCUT2D eigenvalue weighted by molar-refractivity contribution is 5.56. The van der Waals surface area contributed by atoms with Gasteiger partial charge >= 0.3 is 0 Å². The third kappa shape index (κ3) is 2.77. The van der Waals surface area contributed by atoms with Crippen molar-refractivity contribution in [2.75, 3.05) is 12.8 Å². The van der Waals surface area contributed by atoms with Gasteiger partial charge in [-0.05, 0) is 18.2 Å². The molecule has 0 aliphatic rings. The number of non-ortho nitro benzene ring substituents is 1. The van der Waals surface area contributed by atoms with Gasteiger partial charge in [0.2, 0.25) is 0 Å². The van der Waals surface area contributed by atoms with Gasteiger partial charge in [0.1, 0.15) is 11.5 Å². The van der Waals surface area contributed by atoms with Crippen molar-refractivity contribution in [1.82, 2.24) is 0 Å². The number of ether oxygens (including phenoxy) is 2. The van der Waals surface area contributed by atoms with Crippen LogP contribution in [-0.4, -0.2) is 12.0 Å². The van der Waals surface area contributed by atoms with E-state index in [-0.39, 0.29) is 11.4 Å². The van der Waals surface area contributed by atoms with Gasteiger partial charge in [0.15, 0.2) is 11.6 Å². The number of nitro groups is 1. The summed E-state index contributed by atoms with van der Waals surface area (Å²) >= 11 is 0. The predicted molar refractivity (Wildman–Crippen MR) is 70.5 cm³/mol. The summed E-state index contributed by atoms with van der Waals surface area (Å²) in [5, 5.41) is 10.5. The molecule has 2 aromatic carbocycles. The number of benzene rings is 2. The molecule has 0 unspecified atom stereocenters. The smallest absolute Gasteiger partial charge is 0.272 e. The van der Waals surface area contributed by atoms with Crippen LogP contribution in [-0.2, 0) is 0 Å². The Balaban J connectivity index is 2.26. The minimum absolute atomic E-state index is 0.125. The zero-order valence-corrected chi connectivity index (χ0v) is 10.5. The van der Waals surface area contributed by atoms with Crippen molar-refractivity contribution in [3.8, 4) is 17.2 Å². The Morgan fingerprint density at radius 1 is 1.20 bits per heavy atom. The standard InChI is InChI=1S/C13H11FN2O4/c1-19-13-5-3-9(7-11(13)15)20-12-4-2-8(16(17)18)6-10(12)14/h2-7H,15H2,1H3. The number of nitrogens with zero attached hydrogens (tertiary/aromatic N) is 1. The van der Waals surface area contributed by atoms with E-state index in [0.717, 1.165) is 12.1 Å². The highest BCUT2D eigenvalue weighted by Crippen LogP contribution is 2.31. The average molecular weight is 278 g/mol. The van der Waals surface area contributed by atoms with Crippen LogP contribution >= 0.6 is 0 Å². The van der Waals surface area contributed by atoms with Gasteiger partial charge < -0.3 is 15.2 Å². The summed E-state index contributed by atoms with van der Waals surface area (Å²) < 4.78 is 23.9. The third-order valence-electron chi connectivity index (χ3n) is 2.56. The lowest BCUT2D eigenvalue weighted by molar-refractivity contribution is -0.385. The van der Waals surface area contributed by atoms with Gasteiger partial charge in [0.05, 0.1) is 23.8 Å². The van der Waals surface area contributed by atoms with Crippen molar-refractivity contribution in [3.63, 3.8) is 0 Å². The number of halogens is 1. The molecule has 0 bridgehead atoms. The second kappa shape index (κ2) is 5.43. The van der Waals surface area contributed by atoms with Crippen LogP contribution in [0.25, 0.3) is 0 Å². The summed E-state index contributed by atoms with van der Waals surface area (Å²) in [6.45, 7) is 0. The zero-order valence-electron chi connectivity index (χ0n) is 10.5. The number of hydrogen-bond donors (Lipinski definition) is 1. The maximum atomic E-state index is 13.7. The summed E-state index contributed by atoms with van der Waals surface area (Å²) in [5.74, 6) is -0.175. The van der Waals surface area contributed by atoms with E-state index in [1.54, 1.807) is 12.1 Å². The minimum atomic E-state index is -0.825. The molecule has 0 aliphatic heterocycles. The van der Waals surface area contributed by atoms with Crippen LogP contribution in [0.4, 0.5) is 15.8 Å². The van der Waals surface area contributed by atoms with Gasteiger partial charge in [-0.3, -0.25) is 10.1 Å². The van der Waals surface area contributed by atoms with Crippen molar-refractivity contribution in [2.24, 2.45) is 0 Å². The fraction of sp³-hybridized carbons (Fsp3) is 0.0769. The molecule has 0 aromatic heterocycles. The SMILES string of the molecule is COc1ccc(Oc2ccc([N+](=O)[O-])cc2F)cc1N. The summed E-state index contributed by atoms with van der Waals surface area (Å²) in [7, 11) is 1.47. The molecule has 0 radical (unpaired) electrons. The topological polar surface area (TPSA) is 87.6 Å². The first-order valence-corrected chi connectivity index (χ1v) is 5.56. The van der Waals surface area contributed by atoms with Crippen molar-refractivity contribution in [1.29, 1.82) is 0 Å². The molecule has 0 saturated heterocycles. The lowest BCUT2D eigenvalue weighted by Gasteiger charge is -2.09. The second-order valence-corrected chi connectivity index (χ2v) is 3.88. The molecule has 2 aromatic rings. The minimum Gasteiger partial charge on any atom is -0.495 e. The number of nitro benzene ring substituents is 1. The van der Waals surface area contributed by atoms with Crippen LogP contribution < -0.4 is 15.2 Å². The van der Waals surface area contributed by atoms with Crippen LogP contribution in [0.1, 0.15) is 0 Å².